The van der Waals surface area contributed by atoms with Gasteiger partial charge in [-0.2, -0.15) is 0 Å². The second-order valence-corrected chi connectivity index (χ2v) is 4.81. The zero-order valence-electron chi connectivity index (χ0n) is 10.6. The van der Waals surface area contributed by atoms with Crippen LogP contribution in [0.1, 0.15) is 18.4 Å². The molecule has 1 heterocycles. The maximum absolute atomic E-state index is 5.42. The van der Waals surface area contributed by atoms with Gasteiger partial charge in [-0.25, -0.2) is 0 Å². The molecule has 1 aromatic rings. The van der Waals surface area contributed by atoms with Crippen molar-refractivity contribution in [1.29, 1.82) is 0 Å². The van der Waals surface area contributed by atoms with Crippen molar-refractivity contribution in [2.75, 3.05) is 26.3 Å². The van der Waals surface area contributed by atoms with Crippen LogP contribution in [-0.2, 0) is 4.74 Å². The number of nitrogens with zero attached hydrogens (tertiary/aromatic N) is 1. The summed E-state index contributed by atoms with van der Waals surface area (Å²) in [7, 11) is 0. The minimum atomic E-state index is 0.857. The fourth-order valence-corrected chi connectivity index (χ4v) is 2.66. The van der Waals surface area contributed by atoms with Gasteiger partial charge in [0.05, 0.1) is 13.2 Å². The largest absolute Gasteiger partial charge is 0.378 e. The van der Waals surface area contributed by atoms with E-state index in [1.807, 2.05) is 0 Å². The topological polar surface area (TPSA) is 12.5 Å². The van der Waals surface area contributed by atoms with Crippen LogP contribution in [0.3, 0.4) is 0 Å². The van der Waals surface area contributed by atoms with E-state index in [0.717, 1.165) is 26.3 Å². The van der Waals surface area contributed by atoms with Gasteiger partial charge in [0.25, 0.3) is 0 Å². The lowest BCUT2D eigenvalue weighted by Crippen LogP contribution is -2.35. The minimum Gasteiger partial charge on any atom is -0.378 e. The predicted molar refractivity (Wildman–Crippen MR) is 74.1 cm³/mol. The van der Waals surface area contributed by atoms with Gasteiger partial charge in [0, 0.05) is 18.8 Å². The first-order valence-electron chi connectivity index (χ1n) is 6.72. The molecule has 0 amide bonds. The van der Waals surface area contributed by atoms with E-state index in [1.54, 1.807) is 0 Å². The first kappa shape index (κ1) is 11.5. The Morgan fingerprint density at radius 2 is 1.83 bits per heavy atom. The van der Waals surface area contributed by atoms with Crippen molar-refractivity contribution in [3.8, 4) is 0 Å². The highest BCUT2D eigenvalue weighted by Crippen LogP contribution is 2.30. The number of morpholine rings is 1. The van der Waals surface area contributed by atoms with Gasteiger partial charge in [0.2, 0.25) is 0 Å². The van der Waals surface area contributed by atoms with Crippen molar-refractivity contribution in [2.24, 2.45) is 0 Å². The lowest BCUT2D eigenvalue weighted by atomic mass is 10.1. The summed E-state index contributed by atoms with van der Waals surface area (Å²) in [6.45, 7) is 3.77. The van der Waals surface area contributed by atoms with Gasteiger partial charge in [-0.05, 0) is 30.1 Å². The smallest absolute Gasteiger partial charge is 0.0642 e. The average molecular weight is 241 g/mol. The first-order chi connectivity index (χ1) is 8.93. The van der Waals surface area contributed by atoms with E-state index in [-0.39, 0.29) is 0 Å². The molecule has 94 valence electrons. The molecule has 2 heteroatoms. The van der Waals surface area contributed by atoms with Crippen molar-refractivity contribution < 1.29 is 4.74 Å². The van der Waals surface area contributed by atoms with Gasteiger partial charge in [-0.1, -0.05) is 36.4 Å². The van der Waals surface area contributed by atoms with Gasteiger partial charge in [-0.3, -0.25) is 0 Å². The Labute approximate surface area is 109 Å². The van der Waals surface area contributed by atoms with Crippen LogP contribution in [0.15, 0.2) is 47.7 Å². The molecule has 0 atom stereocenters. The summed E-state index contributed by atoms with van der Waals surface area (Å²) in [4.78, 5) is 2.46. The fourth-order valence-electron chi connectivity index (χ4n) is 2.66. The third-order valence-corrected chi connectivity index (χ3v) is 3.57. The number of rotatable bonds is 2. The molecule has 1 aliphatic carbocycles. The van der Waals surface area contributed by atoms with Gasteiger partial charge >= 0.3 is 0 Å². The molecule has 0 saturated carbocycles. The third kappa shape index (κ3) is 2.49. The molecule has 1 aliphatic heterocycles. The van der Waals surface area contributed by atoms with Crippen LogP contribution >= 0.6 is 0 Å². The number of benzene rings is 1. The third-order valence-electron chi connectivity index (χ3n) is 3.57. The van der Waals surface area contributed by atoms with Crippen LogP contribution in [0, 0.1) is 0 Å². The number of hydrogen-bond donors (Lipinski definition) is 0. The zero-order chi connectivity index (χ0) is 12.2. The van der Waals surface area contributed by atoms with E-state index in [2.05, 4.69) is 47.4 Å². The highest BCUT2D eigenvalue weighted by Gasteiger charge is 2.19. The summed E-state index contributed by atoms with van der Waals surface area (Å²) in [6, 6.07) is 10.6. The molecule has 2 nitrogen and oxygen atoms in total. The molecule has 18 heavy (non-hydrogen) atoms. The Bertz CT molecular complexity index is 455. The van der Waals surface area contributed by atoms with E-state index < -0.39 is 0 Å². The standard InChI is InChI=1S/C16H19NO/c1-2-5-14(6-3-1)13-15-7-4-8-16(15)17-9-11-18-12-10-17/h1-3,5-6,8,13H,4,7,9-12H2/b15-13-. The second-order valence-electron chi connectivity index (χ2n) is 4.81. The van der Waals surface area contributed by atoms with Crippen molar-refractivity contribution >= 4 is 6.08 Å². The highest BCUT2D eigenvalue weighted by molar-refractivity contribution is 5.59. The van der Waals surface area contributed by atoms with Crippen LogP contribution in [0.2, 0.25) is 0 Å². The predicted octanol–water partition coefficient (Wildman–Crippen LogP) is 3.08. The molecule has 3 rings (SSSR count). The number of allylic oxidation sites excluding steroid dienone is 2. The monoisotopic (exact) mass is 241 g/mol. The summed E-state index contributed by atoms with van der Waals surface area (Å²) in [5.41, 5.74) is 4.21. The van der Waals surface area contributed by atoms with Gasteiger partial charge in [-0.15, -0.1) is 0 Å². The van der Waals surface area contributed by atoms with Crippen LogP contribution in [0.4, 0.5) is 0 Å². The lowest BCUT2D eigenvalue weighted by Gasteiger charge is -2.30. The molecule has 0 aromatic heterocycles. The Hall–Kier alpha value is -1.54. The summed E-state index contributed by atoms with van der Waals surface area (Å²) in [6.07, 6.45) is 7.04. The van der Waals surface area contributed by atoms with Crippen molar-refractivity contribution in [3.05, 3.63) is 53.2 Å². The molecular formula is C16H19NO. The summed E-state index contributed by atoms with van der Waals surface area (Å²) in [5, 5.41) is 0. The first-order valence-corrected chi connectivity index (χ1v) is 6.72. The van der Waals surface area contributed by atoms with E-state index in [4.69, 9.17) is 4.74 Å². The van der Waals surface area contributed by atoms with Crippen molar-refractivity contribution in [1.82, 2.24) is 4.90 Å². The second kappa shape index (κ2) is 5.40. The lowest BCUT2D eigenvalue weighted by molar-refractivity contribution is 0.0550. The van der Waals surface area contributed by atoms with Crippen LogP contribution < -0.4 is 0 Å². The van der Waals surface area contributed by atoms with Crippen LogP contribution in [0.25, 0.3) is 6.08 Å². The molecular weight excluding hydrogens is 222 g/mol. The molecule has 0 unspecified atom stereocenters. The van der Waals surface area contributed by atoms with E-state index >= 15 is 0 Å². The molecule has 0 spiro atoms. The molecule has 0 N–H and O–H groups in total. The molecule has 1 aromatic carbocycles. The average Bonchev–Trinajstić information content (AvgIpc) is 2.89. The molecule has 1 saturated heterocycles. The maximum atomic E-state index is 5.42. The minimum absolute atomic E-state index is 0.857. The Kier molecular flexibility index (Phi) is 3.47. The molecule has 0 radical (unpaired) electrons. The van der Waals surface area contributed by atoms with Crippen LogP contribution in [0.5, 0.6) is 0 Å². The van der Waals surface area contributed by atoms with Gasteiger partial charge < -0.3 is 9.64 Å². The van der Waals surface area contributed by atoms with Gasteiger partial charge in [0.15, 0.2) is 0 Å². The Morgan fingerprint density at radius 1 is 1.06 bits per heavy atom. The number of hydrogen-bond acceptors (Lipinski definition) is 2. The Balaban J connectivity index is 1.80. The Morgan fingerprint density at radius 3 is 2.61 bits per heavy atom. The summed E-state index contributed by atoms with van der Waals surface area (Å²) >= 11 is 0. The number of ether oxygens (including phenoxy) is 1. The SMILES string of the molecule is C1=C(N2CCOCC2)/C(=C\c2ccccc2)CC1. The maximum Gasteiger partial charge on any atom is 0.0642 e. The van der Waals surface area contributed by atoms with Crippen molar-refractivity contribution in [3.63, 3.8) is 0 Å². The van der Waals surface area contributed by atoms with Gasteiger partial charge in [0.1, 0.15) is 0 Å². The summed E-state index contributed by atoms with van der Waals surface area (Å²) in [5.74, 6) is 0. The van der Waals surface area contributed by atoms with E-state index in [0.29, 0.717) is 0 Å². The molecule has 2 aliphatic rings. The fraction of sp³-hybridized carbons (Fsp3) is 0.375. The van der Waals surface area contributed by atoms with Crippen molar-refractivity contribution in [2.45, 2.75) is 12.8 Å². The molecule has 0 bridgehead atoms. The van der Waals surface area contributed by atoms with E-state index in [9.17, 15) is 0 Å². The molecule has 1 fully saturated rings. The van der Waals surface area contributed by atoms with Crippen LogP contribution in [-0.4, -0.2) is 31.2 Å². The zero-order valence-corrected chi connectivity index (χ0v) is 10.6. The van der Waals surface area contributed by atoms with E-state index in [1.165, 1.54) is 29.7 Å². The normalized spacial score (nSPS) is 22.3. The highest BCUT2D eigenvalue weighted by atomic mass is 16.5. The quantitative estimate of drug-likeness (QED) is 0.789. The summed E-state index contributed by atoms with van der Waals surface area (Å²) < 4.78 is 5.42.